The van der Waals surface area contributed by atoms with E-state index in [1.54, 1.807) is 6.92 Å². The van der Waals surface area contributed by atoms with Crippen LogP contribution in [0.15, 0.2) is 35.4 Å². The Balaban J connectivity index is 1.53. The third-order valence-corrected chi connectivity index (χ3v) is 6.55. The molecule has 9 nitrogen and oxygen atoms in total. The summed E-state index contributed by atoms with van der Waals surface area (Å²) in [5.41, 5.74) is 1.01. The second-order valence-corrected chi connectivity index (χ2v) is 8.76. The first-order valence-corrected chi connectivity index (χ1v) is 10.7. The zero-order valence-electron chi connectivity index (χ0n) is 15.8. The number of anilines is 1. The molecule has 2 aromatic rings. The van der Waals surface area contributed by atoms with Gasteiger partial charge in [-0.2, -0.15) is 0 Å². The number of nitrogens with zero attached hydrogens (tertiary/aromatic N) is 1. The zero-order valence-corrected chi connectivity index (χ0v) is 16.6. The number of ether oxygens (including phenoxy) is 2. The van der Waals surface area contributed by atoms with Crippen LogP contribution in [0.2, 0.25) is 0 Å². The Hall–Kier alpha value is -2.69. The van der Waals surface area contributed by atoms with Crippen molar-refractivity contribution in [1.82, 2.24) is 9.29 Å². The molecule has 0 radical (unpaired) electrons. The fraction of sp³-hybridized carbons (Fsp3) is 0.368. The SMILES string of the molecule is Cc1cc2n(c1)S(=O)(=O)c1ccc(C(=O)NCC[C@H]3COCCO3)cc1NC2=O. The highest BCUT2D eigenvalue weighted by molar-refractivity contribution is 7.90. The normalized spacial score (nSPS) is 20.2. The van der Waals surface area contributed by atoms with Crippen LogP contribution in [-0.4, -0.2) is 56.7 Å². The minimum absolute atomic E-state index is 0.0272. The summed E-state index contributed by atoms with van der Waals surface area (Å²) in [4.78, 5) is 24.9. The zero-order chi connectivity index (χ0) is 20.6. The third kappa shape index (κ3) is 3.78. The lowest BCUT2D eigenvalue weighted by Crippen LogP contribution is -2.33. The van der Waals surface area contributed by atoms with Gasteiger partial charge in [-0.25, -0.2) is 12.4 Å². The highest BCUT2D eigenvalue weighted by Crippen LogP contribution is 2.30. The molecule has 0 unspecified atom stereocenters. The number of aromatic nitrogens is 1. The van der Waals surface area contributed by atoms with Crippen molar-refractivity contribution in [2.75, 3.05) is 31.7 Å². The van der Waals surface area contributed by atoms with Gasteiger partial charge >= 0.3 is 0 Å². The summed E-state index contributed by atoms with van der Waals surface area (Å²) < 4.78 is 37.7. The largest absolute Gasteiger partial charge is 0.376 e. The molecule has 10 heteroatoms. The number of rotatable bonds is 4. The Morgan fingerprint density at radius 3 is 2.90 bits per heavy atom. The Labute approximate surface area is 168 Å². The number of hydrogen-bond donors (Lipinski definition) is 2. The predicted molar refractivity (Wildman–Crippen MR) is 104 cm³/mol. The summed E-state index contributed by atoms with van der Waals surface area (Å²) in [6, 6.07) is 5.64. The monoisotopic (exact) mass is 419 g/mol. The number of amides is 2. The Kier molecular flexibility index (Phi) is 5.15. The van der Waals surface area contributed by atoms with Crippen LogP contribution >= 0.6 is 0 Å². The average Bonchev–Trinajstić information content (AvgIpc) is 3.08. The van der Waals surface area contributed by atoms with Crippen LogP contribution in [0.1, 0.15) is 32.8 Å². The van der Waals surface area contributed by atoms with E-state index in [-0.39, 0.29) is 33.9 Å². The van der Waals surface area contributed by atoms with E-state index in [9.17, 15) is 18.0 Å². The van der Waals surface area contributed by atoms with Gasteiger partial charge in [-0.1, -0.05) is 0 Å². The third-order valence-electron chi connectivity index (χ3n) is 4.82. The van der Waals surface area contributed by atoms with E-state index >= 15 is 0 Å². The smallest absolute Gasteiger partial charge is 0.273 e. The van der Waals surface area contributed by atoms with Gasteiger partial charge in [0.1, 0.15) is 10.6 Å². The van der Waals surface area contributed by atoms with Gasteiger partial charge in [0, 0.05) is 18.3 Å². The standard InChI is InChI=1S/C19H21N3O6S/c1-12-8-16-19(24)21-15-9-13(2-3-17(15)29(25,26)22(16)10-12)18(23)20-5-4-14-11-27-6-7-28-14/h2-3,8-10,14H,4-7,11H2,1H3,(H,20,23)(H,21,24)/t14-/m0/s1. The molecular weight excluding hydrogens is 398 g/mol. The lowest BCUT2D eigenvalue weighted by atomic mass is 10.1. The number of benzene rings is 1. The maximum Gasteiger partial charge on any atom is 0.273 e. The summed E-state index contributed by atoms with van der Waals surface area (Å²) in [5.74, 6) is -0.914. The lowest BCUT2D eigenvalue weighted by Gasteiger charge is -2.22. The van der Waals surface area contributed by atoms with Gasteiger partial charge < -0.3 is 20.1 Å². The highest BCUT2D eigenvalue weighted by Gasteiger charge is 2.31. The summed E-state index contributed by atoms with van der Waals surface area (Å²) in [5, 5.41) is 5.37. The molecule has 2 N–H and O–H groups in total. The van der Waals surface area contributed by atoms with E-state index in [2.05, 4.69) is 10.6 Å². The van der Waals surface area contributed by atoms with Crippen LogP contribution in [0.3, 0.4) is 0 Å². The minimum Gasteiger partial charge on any atom is -0.376 e. The van der Waals surface area contributed by atoms with Crippen LogP contribution < -0.4 is 10.6 Å². The number of aryl methyl sites for hydroxylation is 1. The molecule has 0 spiro atoms. The van der Waals surface area contributed by atoms with E-state index in [0.717, 1.165) is 3.97 Å². The van der Waals surface area contributed by atoms with Gasteiger partial charge in [0.25, 0.3) is 21.8 Å². The molecule has 1 saturated heterocycles. The summed E-state index contributed by atoms with van der Waals surface area (Å²) in [7, 11) is -3.95. The molecule has 1 aromatic carbocycles. The molecule has 29 heavy (non-hydrogen) atoms. The molecular formula is C19H21N3O6S. The van der Waals surface area contributed by atoms with Crippen molar-refractivity contribution in [2.24, 2.45) is 0 Å². The molecule has 0 aliphatic carbocycles. The van der Waals surface area contributed by atoms with Gasteiger partial charge in [0.2, 0.25) is 0 Å². The van der Waals surface area contributed by atoms with Gasteiger partial charge in [0.05, 0.1) is 31.6 Å². The first-order valence-electron chi connectivity index (χ1n) is 9.24. The second-order valence-electron chi connectivity index (χ2n) is 6.98. The molecule has 2 aliphatic rings. The van der Waals surface area contributed by atoms with Crippen molar-refractivity contribution in [1.29, 1.82) is 0 Å². The number of nitrogens with one attached hydrogen (secondary N) is 2. The summed E-state index contributed by atoms with van der Waals surface area (Å²) >= 11 is 0. The molecule has 1 aromatic heterocycles. The predicted octanol–water partition coefficient (Wildman–Crippen LogP) is 1.13. The summed E-state index contributed by atoms with van der Waals surface area (Å²) in [6.45, 7) is 3.72. The topological polar surface area (TPSA) is 116 Å². The van der Waals surface area contributed by atoms with Gasteiger partial charge in [-0.05, 0) is 43.2 Å². The van der Waals surface area contributed by atoms with Crippen molar-refractivity contribution in [3.63, 3.8) is 0 Å². The molecule has 0 saturated carbocycles. The van der Waals surface area contributed by atoms with Crippen LogP contribution in [0.4, 0.5) is 5.69 Å². The number of hydrogen-bond acceptors (Lipinski definition) is 6. The van der Waals surface area contributed by atoms with E-state index in [0.29, 0.717) is 38.3 Å². The van der Waals surface area contributed by atoms with Gasteiger partial charge in [-0.15, -0.1) is 0 Å². The maximum absolute atomic E-state index is 12.9. The molecule has 2 amide bonds. The highest BCUT2D eigenvalue weighted by atomic mass is 32.2. The number of carbonyl (C=O) groups excluding carboxylic acids is 2. The molecule has 4 rings (SSSR count). The van der Waals surface area contributed by atoms with E-state index < -0.39 is 15.9 Å². The van der Waals surface area contributed by atoms with Crippen LogP contribution in [0.25, 0.3) is 0 Å². The van der Waals surface area contributed by atoms with Crippen molar-refractivity contribution in [3.8, 4) is 0 Å². The molecule has 2 aliphatic heterocycles. The van der Waals surface area contributed by atoms with E-state index in [4.69, 9.17) is 9.47 Å². The van der Waals surface area contributed by atoms with Gasteiger partial charge in [0.15, 0.2) is 0 Å². The van der Waals surface area contributed by atoms with Crippen molar-refractivity contribution in [3.05, 3.63) is 47.3 Å². The first-order chi connectivity index (χ1) is 13.9. The van der Waals surface area contributed by atoms with Crippen molar-refractivity contribution < 1.29 is 27.5 Å². The van der Waals surface area contributed by atoms with Crippen molar-refractivity contribution in [2.45, 2.75) is 24.3 Å². The minimum atomic E-state index is -3.95. The van der Waals surface area contributed by atoms with E-state index in [1.165, 1.54) is 30.5 Å². The van der Waals surface area contributed by atoms with Crippen LogP contribution in [0, 0.1) is 6.92 Å². The lowest BCUT2D eigenvalue weighted by molar-refractivity contribution is -0.0899. The quantitative estimate of drug-likeness (QED) is 0.768. The fourth-order valence-corrected chi connectivity index (χ4v) is 4.91. The number of carbonyl (C=O) groups is 2. The second kappa shape index (κ2) is 7.62. The molecule has 0 bridgehead atoms. The summed E-state index contributed by atoms with van der Waals surface area (Å²) in [6.07, 6.45) is 1.95. The van der Waals surface area contributed by atoms with Crippen molar-refractivity contribution >= 4 is 27.5 Å². The maximum atomic E-state index is 12.9. The van der Waals surface area contributed by atoms with E-state index in [1.807, 2.05) is 0 Å². The Bertz CT molecular complexity index is 1070. The molecule has 3 heterocycles. The number of fused-ring (bicyclic) bond motifs is 2. The average molecular weight is 419 g/mol. The first kappa shape index (κ1) is 19.6. The Morgan fingerprint density at radius 1 is 1.31 bits per heavy atom. The molecule has 1 fully saturated rings. The van der Waals surface area contributed by atoms with Gasteiger partial charge in [-0.3, -0.25) is 9.59 Å². The molecule has 1 atom stereocenters. The molecule has 154 valence electrons. The fourth-order valence-electron chi connectivity index (χ4n) is 3.37. The Morgan fingerprint density at radius 2 is 2.14 bits per heavy atom. The van der Waals surface area contributed by atoms with Crippen LogP contribution in [0.5, 0.6) is 0 Å². The van der Waals surface area contributed by atoms with Crippen LogP contribution in [-0.2, 0) is 19.5 Å².